The summed E-state index contributed by atoms with van der Waals surface area (Å²) in [7, 11) is 1.45. The third-order valence-electron chi connectivity index (χ3n) is 3.04. The van der Waals surface area contributed by atoms with Crippen LogP contribution >= 0.6 is 11.6 Å². The van der Waals surface area contributed by atoms with E-state index >= 15 is 0 Å². The van der Waals surface area contributed by atoms with Crippen molar-refractivity contribution in [2.45, 2.75) is 19.5 Å². The number of aryl methyl sites for hydroxylation is 1. The number of methoxy groups -OCH3 is 1. The maximum absolute atomic E-state index is 12.4. The van der Waals surface area contributed by atoms with Gasteiger partial charge in [-0.15, -0.1) is 0 Å². The number of benzene rings is 1. The molecule has 0 atom stereocenters. The molecule has 3 nitrogen and oxygen atoms in total. The second-order valence-electron chi connectivity index (χ2n) is 4.71. The monoisotopic (exact) mass is 321 g/mol. The molecule has 0 N–H and O–H groups in total. The molecule has 0 unspecified atom stereocenters. The molecule has 116 valence electrons. The average molecular weight is 322 g/mol. The van der Waals surface area contributed by atoms with Gasteiger partial charge < -0.3 is 14.4 Å². The lowest BCUT2D eigenvalue weighted by molar-refractivity contribution is -0.153. The van der Waals surface area contributed by atoms with Crippen molar-refractivity contribution in [1.29, 1.82) is 0 Å². The van der Waals surface area contributed by atoms with Gasteiger partial charge >= 0.3 is 6.18 Å². The van der Waals surface area contributed by atoms with Gasteiger partial charge in [0.05, 0.1) is 12.8 Å². The zero-order valence-corrected chi connectivity index (χ0v) is 12.4. The summed E-state index contributed by atoms with van der Waals surface area (Å²) in [4.78, 5) is 1.79. The first kappa shape index (κ1) is 15.8. The molecule has 0 saturated carbocycles. The summed E-state index contributed by atoms with van der Waals surface area (Å²) in [6.45, 7) is 1.05. The van der Waals surface area contributed by atoms with Crippen LogP contribution in [0, 0.1) is 6.92 Å². The highest BCUT2D eigenvalue weighted by molar-refractivity contribution is 6.30. The van der Waals surface area contributed by atoms with Crippen LogP contribution < -0.4 is 14.4 Å². The SMILES string of the molecule is COc1cc(C)c(N2C=C(Cl)CC2)c(OCC(F)(F)F)c1. The van der Waals surface area contributed by atoms with Crippen molar-refractivity contribution in [2.24, 2.45) is 0 Å². The van der Waals surface area contributed by atoms with Gasteiger partial charge in [0.25, 0.3) is 0 Å². The Bertz CT molecular complexity index is 558. The number of anilines is 1. The Kier molecular flexibility index (Phi) is 4.56. The predicted octanol–water partition coefficient (Wildman–Crippen LogP) is 4.24. The van der Waals surface area contributed by atoms with E-state index in [9.17, 15) is 13.2 Å². The van der Waals surface area contributed by atoms with Gasteiger partial charge in [0.15, 0.2) is 6.61 Å². The van der Waals surface area contributed by atoms with Gasteiger partial charge in [-0.25, -0.2) is 0 Å². The van der Waals surface area contributed by atoms with Crippen molar-refractivity contribution in [3.05, 3.63) is 28.9 Å². The summed E-state index contributed by atoms with van der Waals surface area (Å²) in [5.74, 6) is 0.578. The normalized spacial score (nSPS) is 15.1. The molecular formula is C14H15ClF3NO2. The van der Waals surface area contributed by atoms with Gasteiger partial charge in [-0.05, 0) is 18.6 Å². The van der Waals surface area contributed by atoms with E-state index in [2.05, 4.69) is 0 Å². The lowest BCUT2D eigenvalue weighted by Gasteiger charge is -2.23. The lowest BCUT2D eigenvalue weighted by atomic mass is 10.1. The van der Waals surface area contributed by atoms with Crippen LogP contribution in [0.4, 0.5) is 18.9 Å². The van der Waals surface area contributed by atoms with Crippen molar-refractivity contribution in [2.75, 3.05) is 25.2 Å². The summed E-state index contributed by atoms with van der Waals surface area (Å²) in [5, 5.41) is 0.659. The predicted molar refractivity (Wildman–Crippen MR) is 75.2 cm³/mol. The number of halogens is 4. The van der Waals surface area contributed by atoms with Crippen molar-refractivity contribution >= 4 is 17.3 Å². The van der Waals surface area contributed by atoms with E-state index in [1.807, 2.05) is 0 Å². The Hall–Kier alpha value is -1.56. The Morgan fingerprint density at radius 3 is 2.57 bits per heavy atom. The molecule has 1 aromatic rings. The molecule has 1 aromatic carbocycles. The van der Waals surface area contributed by atoms with Gasteiger partial charge in [-0.1, -0.05) is 11.6 Å². The molecule has 0 amide bonds. The van der Waals surface area contributed by atoms with Gasteiger partial charge in [-0.2, -0.15) is 13.2 Å². The zero-order chi connectivity index (χ0) is 15.6. The van der Waals surface area contributed by atoms with Crippen molar-refractivity contribution in [3.63, 3.8) is 0 Å². The summed E-state index contributed by atoms with van der Waals surface area (Å²) in [5.41, 5.74) is 1.34. The molecule has 0 aromatic heterocycles. The molecule has 1 aliphatic heterocycles. The van der Waals surface area contributed by atoms with Crippen molar-refractivity contribution in [1.82, 2.24) is 0 Å². The van der Waals surface area contributed by atoms with Gasteiger partial charge in [-0.3, -0.25) is 0 Å². The summed E-state index contributed by atoms with van der Waals surface area (Å²) in [6, 6.07) is 3.20. The standard InChI is InChI=1S/C14H15ClF3NO2/c1-9-5-11(20-2)6-12(21-8-14(16,17)18)13(9)19-4-3-10(15)7-19/h5-7H,3-4,8H2,1-2H3. The topological polar surface area (TPSA) is 21.7 Å². The third kappa shape index (κ3) is 3.97. The van der Waals surface area contributed by atoms with Gasteiger partial charge in [0, 0.05) is 30.3 Å². The van der Waals surface area contributed by atoms with Gasteiger partial charge in [0.2, 0.25) is 0 Å². The van der Waals surface area contributed by atoms with E-state index in [1.165, 1.54) is 13.2 Å². The minimum absolute atomic E-state index is 0.131. The molecule has 1 aliphatic rings. The molecule has 0 saturated heterocycles. The number of nitrogens with zero attached hydrogens (tertiary/aromatic N) is 1. The molecule has 0 spiro atoms. The highest BCUT2D eigenvalue weighted by atomic mass is 35.5. The smallest absolute Gasteiger partial charge is 0.422 e. The number of alkyl halides is 3. The van der Waals surface area contributed by atoms with Crippen LogP contribution in [0.2, 0.25) is 0 Å². The molecule has 0 bridgehead atoms. The van der Waals surface area contributed by atoms with Crippen molar-refractivity contribution < 1.29 is 22.6 Å². The van der Waals surface area contributed by atoms with E-state index in [-0.39, 0.29) is 5.75 Å². The second kappa shape index (κ2) is 6.05. The maximum atomic E-state index is 12.4. The summed E-state index contributed by atoms with van der Waals surface area (Å²) >= 11 is 5.94. The van der Waals surface area contributed by atoms with Crippen LogP contribution in [-0.2, 0) is 0 Å². The molecule has 7 heteroatoms. The lowest BCUT2D eigenvalue weighted by Crippen LogP contribution is -2.21. The molecule has 0 radical (unpaired) electrons. The van der Waals surface area contributed by atoms with Crippen LogP contribution in [-0.4, -0.2) is 26.4 Å². The average Bonchev–Trinajstić information content (AvgIpc) is 2.81. The van der Waals surface area contributed by atoms with E-state index in [1.54, 1.807) is 24.1 Å². The molecule has 0 fully saturated rings. The first-order valence-corrected chi connectivity index (χ1v) is 6.69. The molecule has 0 aliphatic carbocycles. The van der Waals surface area contributed by atoms with Crippen LogP contribution in [0.3, 0.4) is 0 Å². The molecule has 2 rings (SSSR count). The van der Waals surface area contributed by atoms with Crippen LogP contribution in [0.15, 0.2) is 23.4 Å². The highest BCUT2D eigenvalue weighted by Crippen LogP contribution is 2.39. The Morgan fingerprint density at radius 1 is 1.33 bits per heavy atom. The van der Waals surface area contributed by atoms with E-state index in [0.717, 1.165) is 5.56 Å². The van der Waals surface area contributed by atoms with E-state index in [4.69, 9.17) is 21.1 Å². The first-order valence-electron chi connectivity index (χ1n) is 6.31. The summed E-state index contributed by atoms with van der Waals surface area (Å²) < 4.78 is 47.2. The fourth-order valence-electron chi connectivity index (χ4n) is 2.17. The van der Waals surface area contributed by atoms with Crippen LogP contribution in [0.5, 0.6) is 11.5 Å². The Labute approximate surface area is 125 Å². The maximum Gasteiger partial charge on any atom is 0.422 e. The number of hydrogen-bond donors (Lipinski definition) is 0. The second-order valence-corrected chi connectivity index (χ2v) is 5.20. The van der Waals surface area contributed by atoms with E-state index < -0.39 is 12.8 Å². The largest absolute Gasteiger partial charge is 0.497 e. The van der Waals surface area contributed by atoms with E-state index in [0.29, 0.717) is 29.4 Å². The van der Waals surface area contributed by atoms with Crippen molar-refractivity contribution in [3.8, 4) is 11.5 Å². The molecule has 1 heterocycles. The Balaban J connectivity index is 2.37. The first-order chi connectivity index (χ1) is 9.80. The number of ether oxygens (including phenoxy) is 2. The van der Waals surface area contributed by atoms with Crippen LogP contribution in [0.1, 0.15) is 12.0 Å². The molecular weight excluding hydrogens is 307 g/mol. The van der Waals surface area contributed by atoms with Gasteiger partial charge in [0.1, 0.15) is 11.5 Å². The van der Waals surface area contributed by atoms with Crippen LogP contribution in [0.25, 0.3) is 0 Å². The number of hydrogen-bond acceptors (Lipinski definition) is 3. The fourth-order valence-corrected chi connectivity index (χ4v) is 2.37. The minimum Gasteiger partial charge on any atom is -0.497 e. The number of rotatable bonds is 4. The highest BCUT2D eigenvalue weighted by Gasteiger charge is 2.30. The summed E-state index contributed by atoms with van der Waals surface area (Å²) in [6.07, 6.45) is -2.03. The third-order valence-corrected chi connectivity index (χ3v) is 3.33. The quantitative estimate of drug-likeness (QED) is 0.828. The Morgan fingerprint density at radius 2 is 2.05 bits per heavy atom. The minimum atomic E-state index is -4.40. The zero-order valence-electron chi connectivity index (χ0n) is 11.6. The molecule has 21 heavy (non-hydrogen) atoms. The fraction of sp³-hybridized carbons (Fsp3) is 0.429.